The van der Waals surface area contributed by atoms with Gasteiger partial charge in [0.15, 0.2) is 0 Å². The summed E-state index contributed by atoms with van der Waals surface area (Å²) in [5, 5.41) is 8.14. The highest BCUT2D eigenvalue weighted by atomic mass is 16.2. The summed E-state index contributed by atoms with van der Waals surface area (Å²) >= 11 is 0. The molecule has 0 saturated carbocycles. The second-order valence-corrected chi connectivity index (χ2v) is 9.38. The normalized spacial score (nSPS) is 11.2. The molecule has 0 aliphatic carbocycles. The molecule has 2 rings (SSSR count). The number of unbranched alkanes of at least 4 members (excludes halogenated alkanes) is 4. The molecule has 8 heteroatoms. The largest absolute Gasteiger partial charge is 0.372 e. The molecule has 0 heterocycles. The zero-order valence-corrected chi connectivity index (χ0v) is 24.2. The first-order valence-corrected chi connectivity index (χ1v) is 14.3. The van der Waals surface area contributed by atoms with Crippen LogP contribution < -0.4 is 20.7 Å². The number of nitrogens with zero attached hydrogens (tertiary/aromatic N) is 4. The summed E-state index contributed by atoms with van der Waals surface area (Å²) in [6.07, 6.45) is 8.75. The Kier molecular flexibility index (Phi) is 15.0. The predicted molar refractivity (Wildman–Crippen MR) is 164 cm³/mol. The molecule has 0 saturated heterocycles. The molecule has 2 aromatic carbocycles. The Morgan fingerprint density at radius 3 is 1.26 bits per heavy atom. The topological polar surface area (TPSA) is 89.4 Å². The SMILES string of the molecule is CCN(CC)c1ccc(/C=N/NC(=O)CCCCCCCC(=O)N/N=C/c2ccc(N(CC)CC)cc2)cc1. The lowest BCUT2D eigenvalue weighted by Gasteiger charge is -2.20. The maximum absolute atomic E-state index is 12.0. The predicted octanol–water partition coefficient (Wildman–Crippen LogP) is 5.71. The van der Waals surface area contributed by atoms with Crippen molar-refractivity contribution in [1.82, 2.24) is 10.9 Å². The summed E-state index contributed by atoms with van der Waals surface area (Å²) in [6, 6.07) is 16.3. The standard InChI is InChI=1S/C31H46N6O2/c1-5-36(6-2)28-20-16-26(17-21-28)24-32-34-30(38)14-12-10-9-11-13-15-31(39)35-33-25-27-18-22-29(23-19-27)37(7-3)8-4/h16-25H,5-15H2,1-4H3,(H,34,38)(H,35,39)/b32-24+,33-25+. The van der Waals surface area contributed by atoms with Crippen molar-refractivity contribution in [1.29, 1.82) is 0 Å². The summed E-state index contributed by atoms with van der Waals surface area (Å²) in [4.78, 5) is 28.6. The van der Waals surface area contributed by atoms with E-state index in [-0.39, 0.29) is 11.8 Å². The molecule has 8 nitrogen and oxygen atoms in total. The maximum Gasteiger partial charge on any atom is 0.240 e. The summed E-state index contributed by atoms with van der Waals surface area (Å²) in [5.74, 6) is -0.156. The van der Waals surface area contributed by atoms with Gasteiger partial charge >= 0.3 is 0 Å². The first-order chi connectivity index (χ1) is 19.0. The number of hydrogen-bond donors (Lipinski definition) is 2. The van der Waals surface area contributed by atoms with Crippen molar-refractivity contribution in [2.24, 2.45) is 10.2 Å². The zero-order chi connectivity index (χ0) is 28.3. The molecule has 2 amide bonds. The molecule has 0 fully saturated rings. The molecule has 39 heavy (non-hydrogen) atoms. The van der Waals surface area contributed by atoms with Crippen molar-refractivity contribution in [3.8, 4) is 0 Å². The summed E-state index contributed by atoms with van der Waals surface area (Å²) in [5.41, 5.74) is 9.47. The Bertz CT molecular complexity index is 943. The summed E-state index contributed by atoms with van der Waals surface area (Å²) < 4.78 is 0. The Labute approximate surface area is 234 Å². The summed E-state index contributed by atoms with van der Waals surface area (Å²) in [7, 11) is 0. The van der Waals surface area contributed by atoms with E-state index in [2.05, 4.69) is 82.8 Å². The second-order valence-electron chi connectivity index (χ2n) is 9.38. The highest BCUT2D eigenvalue weighted by Crippen LogP contribution is 2.15. The Hall–Kier alpha value is -3.68. The smallest absolute Gasteiger partial charge is 0.240 e. The summed E-state index contributed by atoms with van der Waals surface area (Å²) in [6.45, 7) is 12.4. The van der Waals surface area contributed by atoms with Gasteiger partial charge in [-0.25, -0.2) is 10.9 Å². The average molecular weight is 535 g/mol. The fraction of sp³-hybridized carbons (Fsp3) is 0.484. The van der Waals surface area contributed by atoms with Gasteiger partial charge in [0.1, 0.15) is 0 Å². The van der Waals surface area contributed by atoms with E-state index in [1.807, 2.05) is 24.3 Å². The van der Waals surface area contributed by atoms with Crippen LogP contribution in [0.1, 0.15) is 83.8 Å². The van der Waals surface area contributed by atoms with Crippen molar-refractivity contribution >= 4 is 35.6 Å². The quantitative estimate of drug-likeness (QED) is 0.146. The molecule has 0 atom stereocenters. The number of benzene rings is 2. The van der Waals surface area contributed by atoms with Gasteiger partial charge in [-0.3, -0.25) is 9.59 Å². The number of hydrazone groups is 2. The van der Waals surface area contributed by atoms with Crippen LogP contribution in [0.15, 0.2) is 58.7 Å². The monoisotopic (exact) mass is 534 g/mol. The number of hydrogen-bond acceptors (Lipinski definition) is 6. The van der Waals surface area contributed by atoms with Crippen LogP contribution in [0.4, 0.5) is 11.4 Å². The highest BCUT2D eigenvalue weighted by Gasteiger charge is 2.04. The van der Waals surface area contributed by atoms with Crippen LogP contribution in [-0.4, -0.2) is 50.4 Å². The van der Waals surface area contributed by atoms with Crippen LogP contribution in [0.3, 0.4) is 0 Å². The fourth-order valence-electron chi connectivity index (χ4n) is 4.29. The van der Waals surface area contributed by atoms with Crippen molar-refractivity contribution in [2.75, 3.05) is 36.0 Å². The number of rotatable bonds is 18. The second kappa shape index (κ2) is 18.6. The van der Waals surface area contributed by atoms with Crippen LogP contribution in [-0.2, 0) is 9.59 Å². The van der Waals surface area contributed by atoms with E-state index in [9.17, 15) is 9.59 Å². The van der Waals surface area contributed by atoms with E-state index in [4.69, 9.17) is 0 Å². The lowest BCUT2D eigenvalue weighted by molar-refractivity contribution is -0.121. The van der Waals surface area contributed by atoms with Gasteiger partial charge in [0.2, 0.25) is 11.8 Å². The first kappa shape index (κ1) is 31.5. The average Bonchev–Trinajstić information content (AvgIpc) is 2.95. The minimum absolute atomic E-state index is 0.0778. The van der Waals surface area contributed by atoms with E-state index in [1.165, 1.54) is 11.4 Å². The molecule has 0 spiro atoms. The van der Waals surface area contributed by atoms with Gasteiger partial charge < -0.3 is 9.80 Å². The van der Waals surface area contributed by atoms with Gasteiger partial charge in [-0.15, -0.1) is 0 Å². The van der Waals surface area contributed by atoms with E-state index >= 15 is 0 Å². The van der Waals surface area contributed by atoms with Gasteiger partial charge in [0.05, 0.1) is 12.4 Å². The van der Waals surface area contributed by atoms with Gasteiger partial charge in [-0.1, -0.05) is 43.5 Å². The third-order valence-corrected chi connectivity index (χ3v) is 6.66. The number of anilines is 2. The van der Waals surface area contributed by atoms with Crippen LogP contribution in [0, 0.1) is 0 Å². The van der Waals surface area contributed by atoms with Gasteiger partial charge in [0, 0.05) is 50.4 Å². The minimum atomic E-state index is -0.0778. The number of nitrogens with one attached hydrogen (secondary N) is 2. The molecular formula is C31H46N6O2. The van der Waals surface area contributed by atoms with Crippen molar-refractivity contribution in [3.63, 3.8) is 0 Å². The third kappa shape index (κ3) is 12.1. The van der Waals surface area contributed by atoms with E-state index in [0.29, 0.717) is 12.8 Å². The number of carbonyl (C=O) groups excluding carboxylic acids is 2. The van der Waals surface area contributed by atoms with Crippen molar-refractivity contribution in [2.45, 2.75) is 72.6 Å². The van der Waals surface area contributed by atoms with Crippen LogP contribution >= 0.6 is 0 Å². The van der Waals surface area contributed by atoms with Crippen molar-refractivity contribution in [3.05, 3.63) is 59.7 Å². The third-order valence-electron chi connectivity index (χ3n) is 6.66. The number of amides is 2. The molecule has 0 radical (unpaired) electrons. The van der Waals surface area contributed by atoms with Crippen LogP contribution in [0.2, 0.25) is 0 Å². The number of carbonyl (C=O) groups is 2. The molecule has 0 unspecified atom stereocenters. The van der Waals surface area contributed by atoms with Crippen molar-refractivity contribution < 1.29 is 9.59 Å². The molecular weight excluding hydrogens is 488 g/mol. The molecule has 0 aliphatic rings. The molecule has 0 aromatic heterocycles. The van der Waals surface area contributed by atoms with Gasteiger partial charge in [-0.05, 0) is 75.9 Å². The van der Waals surface area contributed by atoms with E-state index in [0.717, 1.165) is 69.4 Å². The van der Waals surface area contributed by atoms with Crippen LogP contribution in [0.5, 0.6) is 0 Å². The molecule has 212 valence electrons. The minimum Gasteiger partial charge on any atom is -0.372 e. The zero-order valence-electron chi connectivity index (χ0n) is 24.2. The van der Waals surface area contributed by atoms with Crippen LogP contribution in [0.25, 0.3) is 0 Å². The maximum atomic E-state index is 12.0. The van der Waals surface area contributed by atoms with E-state index < -0.39 is 0 Å². The Morgan fingerprint density at radius 1 is 0.590 bits per heavy atom. The molecule has 2 N–H and O–H groups in total. The molecule has 2 aromatic rings. The lowest BCUT2D eigenvalue weighted by Crippen LogP contribution is -2.21. The highest BCUT2D eigenvalue weighted by molar-refractivity contribution is 5.83. The lowest BCUT2D eigenvalue weighted by atomic mass is 10.1. The van der Waals surface area contributed by atoms with Gasteiger partial charge in [-0.2, -0.15) is 10.2 Å². The van der Waals surface area contributed by atoms with E-state index in [1.54, 1.807) is 12.4 Å². The fourth-order valence-corrected chi connectivity index (χ4v) is 4.29. The Morgan fingerprint density at radius 2 is 0.923 bits per heavy atom. The first-order valence-electron chi connectivity index (χ1n) is 14.3. The van der Waals surface area contributed by atoms with Gasteiger partial charge in [0.25, 0.3) is 0 Å². The Balaban J connectivity index is 1.52. The molecule has 0 bridgehead atoms. The molecule has 0 aliphatic heterocycles.